The van der Waals surface area contributed by atoms with Crippen molar-refractivity contribution >= 4 is 23.1 Å². The van der Waals surface area contributed by atoms with E-state index in [2.05, 4.69) is 18.0 Å². The molecule has 5 nitrogen and oxygen atoms in total. The molecule has 5 heteroatoms. The van der Waals surface area contributed by atoms with Crippen molar-refractivity contribution in [1.29, 1.82) is 0 Å². The van der Waals surface area contributed by atoms with Gasteiger partial charge in [-0.15, -0.1) is 0 Å². The predicted molar refractivity (Wildman–Crippen MR) is 111 cm³/mol. The Kier molecular flexibility index (Phi) is 5.36. The Bertz CT molecular complexity index is 893. The number of piperidine rings is 1. The van der Waals surface area contributed by atoms with E-state index >= 15 is 0 Å². The Hall–Kier alpha value is -2.40. The number of hydrogen-bond donors (Lipinski definition) is 0. The van der Waals surface area contributed by atoms with E-state index in [0.29, 0.717) is 18.7 Å². The van der Waals surface area contributed by atoms with Crippen molar-refractivity contribution in [1.82, 2.24) is 9.47 Å². The van der Waals surface area contributed by atoms with E-state index in [-0.39, 0.29) is 11.7 Å². The second kappa shape index (κ2) is 7.92. The van der Waals surface area contributed by atoms with Gasteiger partial charge in [-0.05, 0) is 56.5 Å². The average Bonchev–Trinajstić information content (AvgIpc) is 3.02. The van der Waals surface area contributed by atoms with Crippen LogP contribution in [0.4, 0.5) is 11.4 Å². The molecule has 1 aromatic carbocycles. The van der Waals surface area contributed by atoms with E-state index in [9.17, 15) is 9.59 Å². The molecule has 0 saturated carbocycles. The standard InChI is InChI=1S/C23H29N3O2/c1-3-17-15-25(4-2)23-20(27)14-18-10-6-7-11-19(18)26(22(17)23)21(28)16-24-12-8-5-9-13-24/h6-7,10-11,15H,3-5,8-9,12-14,16H2,1-2H3. The summed E-state index contributed by atoms with van der Waals surface area (Å²) >= 11 is 0. The number of para-hydroxylation sites is 1. The molecule has 1 fully saturated rings. The molecule has 1 saturated heterocycles. The molecule has 2 aliphatic heterocycles. The van der Waals surface area contributed by atoms with Gasteiger partial charge in [0.1, 0.15) is 5.69 Å². The highest BCUT2D eigenvalue weighted by Gasteiger charge is 2.34. The largest absolute Gasteiger partial charge is 0.343 e. The van der Waals surface area contributed by atoms with Crippen LogP contribution in [0.2, 0.25) is 0 Å². The van der Waals surface area contributed by atoms with Crippen LogP contribution in [-0.2, 0) is 24.2 Å². The van der Waals surface area contributed by atoms with Gasteiger partial charge in [0.25, 0.3) is 0 Å². The number of carbonyl (C=O) groups is 2. The summed E-state index contributed by atoms with van der Waals surface area (Å²) in [4.78, 5) is 30.8. The number of likely N-dealkylation sites (tertiary alicyclic amines) is 1. The zero-order valence-corrected chi connectivity index (χ0v) is 16.9. The van der Waals surface area contributed by atoms with Crippen molar-refractivity contribution in [2.75, 3.05) is 24.5 Å². The Morgan fingerprint density at radius 3 is 2.54 bits per heavy atom. The summed E-state index contributed by atoms with van der Waals surface area (Å²) in [5, 5.41) is 0. The normalized spacial score (nSPS) is 17.2. The number of carbonyl (C=O) groups excluding carboxylic acids is 2. The van der Waals surface area contributed by atoms with Crippen molar-refractivity contribution in [3.05, 3.63) is 47.3 Å². The Morgan fingerprint density at radius 2 is 1.82 bits per heavy atom. The summed E-state index contributed by atoms with van der Waals surface area (Å²) in [7, 11) is 0. The van der Waals surface area contributed by atoms with Gasteiger partial charge >= 0.3 is 0 Å². The molecular formula is C23H29N3O2. The van der Waals surface area contributed by atoms with Crippen LogP contribution >= 0.6 is 0 Å². The van der Waals surface area contributed by atoms with E-state index in [1.165, 1.54) is 6.42 Å². The van der Waals surface area contributed by atoms with Crippen LogP contribution in [0.3, 0.4) is 0 Å². The van der Waals surface area contributed by atoms with Crippen LogP contribution < -0.4 is 4.90 Å². The summed E-state index contributed by atoms with van der Waals surface area (Å²) in [6, 6.07) is 7.86. The molecule has 0 unspecified atom stereocenters. The number of hydrogen-bond acceptors (Lipinski definition) is 3. The molecule has 2 aromatic rings. The lowest BCUT2D eigenvalue weighted by Gasteiger charge is -2.30. The number of nitrogens with zero attached hydrogens (tertiary/aromatic N) is 3. The molecule has 148 valence electrons. The number of Topliss-reactive ketones (excluding diaryl/α,β-unsaturated/α-hetero) is 1. The molecular weight excluding hydrogens is 350 g/mol. The smallest absolute Gasteiger partial charge is 0.245 e. The molecule has 0 spiro atoms. The minimum Gasteiger partial charge on any atom is -0.343 e. The van der Waals surface area contributed by atoms with Crippen LogP contribution in [0.5, 0.6) is 0 Å². The molecule has 1 amide bonds. The fraction of sp³-hybridized carbons (Fsp3) is 0.478. The number of rotatable bonds is 4. The van der Waals surface area contributed by atoms with Gasteiger partial charge in [0.15, 0.2) is 5.78 Å². The second-order valence-corrected chi connectivity index (χ2v) is 7.79. The third-order valence-electron chi connectivity index (χ3n) is 5.98. The van der Waals surface area contributed by atoms with Crippen molar-refractivity contribution in [3.63, 3.8) is 0 Å². The number of fused-ring (bicyclic) bond motifs is 2. The van der Waals surface area contributed by atoms with Crippen LogP contribution in [0.1, 0.15) is 54.7 Å². The topological polar surface area (TPSA) is 45.6 Å². The first-order valence-electron chi connectivity index (χ1n) is 10.5. The number of benzene rings is 1. The summed E-state index contributed by atoms with van der Waals surface area (Å²) in [5.74, 6) is 0.158. The van der Waals surface area contributed by atoms with Gasteiger partial charge in [0, 0.05) is 19.2 Å². The highest BCUT2D eigenvalue weighted by atomic mass is 16.2. The zero-order valence-electron chi connectivity index (χ0n) is 16.9. The molecule has 4 rings (SSSR count). The highest BCUT2D eigenvalue weighted by molar-refractivity contribution is 6.13. The number of aryl methyl sites for hydroxylation is 2. The second-order valence-electron chi connectivity index (χ2n) is 7.79. The molecule has 0 atom stereocenters. The maximum Gasteiger partial charge on any atom is 0.245 e. The molecule has 2 aliphatic rings. The molecule has 0 N–H and O–H groups in total. The Morgan fingerprint density at radius 1 is 1.07 bits per heavy atom. The van der Waals surface area contributed by atoms with Crippen molar-refractivity contribution in [2.45, 2.75) is 52.5 Å². The van der Waals surface area contributed by atoms with Gasteiger partial charge in [-0.1, -0.05) is 31.5 Å². The number of ketones is 1. The Balaban J connectivity index is 1.83. The van der Waals surface area contributed by atoms with E-state index in [1.807, 2.05) is 40.7 Å². The predicted octanol–water partition coefficient (Wildman–Crippen LogP) is 3.96. The van der Waals surface area contributed by atoms with Gasteiger partial charge in [0.2, 0.25) is 5.91 Å². The van der Waals surface area contributed by atoms with Crippen molar-refractivity contribution in [3.8, 4) is 0 Å². The first kappa shape index (κ1) is 18.9. The zero-order chi connectivity index (χ0) is 19.7. The number of anilines is 2. The Labute approximate surface area is 166 Å². The van der Waals surface area contributed by atoms with Gasteiger partial charge in [0.05, 0.1) is 17.9 Å². The van der Waals surface area contributed by atoms with Gasteiger partial charge in [-0.25, -0.2) is 0 Å². The van der Waals surface area contributed by atoms with Crippen LogP contribution in [-0.4, -0.2) is 40.8 Å². The van der Waals surface area contributed by atoms with Gasteiger partial charge < -0.3 is 4.57 Å². The molecule has 0 bridgehead atoms. The molecule has 3 heterocycles. The van der Waals surface area contributed by atoms with E-state index in [1.54, 1.807) is 0 Å². The average molecular weight is 380 g/mol. The summed E-state index contributed by atoms with van der Waals surface area (Å²) in [6.45, 7) is 7.21. The van der Waals surface area contributed by atoms with E-state index < -0.39 is 0 Å². The SMILES string of the molecule is CCc1cn(CC)c2c1N(C(=O)CN1CCCCC1)c1ccccc1CC2=O. The summed E-state index contributed by atoms with van der Waals surface area (Å²) in [6.07, 6.45) is 6.73. The third kappa shape index (κ3) is 3.28. The van der Waals surface area contributed by atoms with Gasteiger partial charge in [-0.2, -0.15) is 0 Å². The first-order valence-corrected chi connectivity index (χ1v) is 10.5. The van der Waals surface area contributed by atoms with Crippen LogP contribution in [0, 0.1) is 0 Å². The fourth-order valence-electron chi connectivity index (χ4n) is 4.55. The molecule has 0 aliphatic carbocycles. The van der Waals surface area contributed by atoms with E-state index in [0.717, 1.165) is 61.4 Å². The summed E-state index contributed by atoms with van der Waals surface area (Å²) < 4.78 is 2.02. The molecule has 0 radical (unpaired) electrons. The van der Waals surface area contributed by atoms with Crippen LogP contribution in [0.15, 0.2) is 30.5 Å². The minimum atomic E-state index is 0.0638. The first-order chi connectivity index (χ1) is 13.6. The van der Waals surface area contributed by atoms with E-state index in [4.69, 9.17) is 0 Å². The quantitative estimate of drug-likeness (QED) is 0.808. The molecule has 1 aromatic heterocycles. The summed E-state index contributed by atoms with van der Waals surface area (Å²) in [5.41, 5.74) is 4.35. The fourth-order valence-corrected chi connectivity index (χ4v) is 4.55. The maximum atomic E-state index is 13.6. The number of amides is 1. The number of aromatic nitrogens is 1. The minimum absolute atomic E-state index is 0.0638. The molecule has 28 heavy (non-hydrogen) atoms. The van der Waals surface area contributed by atoms with Crippen molar-refractivity contribution < 1.29 is 9.59 Å². The van der Waals surface area contributed by atoms with Crippen molar-refractivity contribution in [2.24, 2.45) is 0 Å². The van der Waals surface area contributed by atoms with Crippen LogP contribution in [0.25, 0.3) is 0 Å². The highest BCUT2D eigenvalue weighted by Crippen LogP contribution is 2.40. The third-order valence-corrected chi connectivity index (χ3v) is 5.98. The lowest BCUT2D eigenvalue weighted by atomic mass is 10.1. The maximum absolute atomic E-state index is 13.6. The lowest BCUT2D eigenvalue weighted by molar-refractivity contribution is -0.119. The monoisotopic (exact) mass is 379 g/mol. The lowest BCUT2D eigenvalue weighted by Crippen LogP contribution is -2.41. The van der Waals surface area contributed by atoms with Gasteiger partial charge in [-0.3, -0.25) is 19.4 Å².